The summed E-state index contributed by atoms with van der Waals surface area (Å²) in [5.41, 5.74) is 6.35. The lowest BCUT2D eigenvalue weighted by Gasteiger charge is -2.28. The van der Waals surface area contributed by atoms with E-state index in [1.54, 1.807) is 26.0 Å². The number of nitrogens with two attached hydrogens (primary N) is 1. The molecule has 5 heteroatoms. The molecular formula is C11H16Cl2N2O. The van der Waals surface area contributed by atoms with E-state index in [-0.39, 0.29) is 0 Å². The zero-order valence-corrected chi connectivity index (χ0v) is 11.1. The first kappa shape index (κ1) is 13.4. The van der Waals surface area contributed by atoms with Crippen LogP contribution in [0.5, 0.6) is 0 Å². The summed E-state index contributed by atoms with van der Waals surface area (Å²) in [4.78, 5) is 1.84. The third kappa shape index (κ3) is 3.44. The lowest BCUT2D eigenvalue weighted by atomic mass is 10.1. The summed E-state index contributed by atoms with van der Waals surface area (Å²) in [7, 11) is 1.84. The minimum atomic E-state index is -0.798. The summed E-state index contributed by atoms with van der Waals surface area (Å²) in [5.74, 6) is 0. The zero-order valence-electron chi connectivity index (χ0n) is 9.59. The average molecular weight is 263 g/mol. The SMILES string of the molecule is CN(CC(C)(C)O)c1cc(Cl)c(Cl)cc1N. The molecule has 0 aromatic heterocycles. The zero-order chi connectivity index (χ0) is 12.5. The molecule has 3 nitrogen and oxygen atoms in total. The van der Waals surface area contributed by atoms with Crippen molar-refractivity contribution in [1.82, 2.24) is 0 Å². The van der Waals surface area contributed by atoms with E-state index in [2.05, 4.69) is 0 Å². The number of halogens is 2. The Labute approximate surface area is 106 Å². The highest BCUT2D eigenvalue weighted by Gasteiger charge is 2.18. The Morgan fingerprint density at radius 2 is 1.81 bits per heavy atom. The van der Waals surface area contributed by atoms with Gasteiger partial charge in [-0.05, 0) is 26.0 Å². The van der Waals surface area contributed by atoms with Gasteiger partial charge in [-0.15, -0.1) is 0 Å². The van der Waals surface area contributed by atoms with Crippen LogP contribution >= 0.6 is 23.2 Å². The minimum absolute atomic E-state index is 0.430. The van der Waals surface area contributed by atoms with Crippen LogP contribution in [0.3, 0.4) is 0 Å². The molecule has 0 saturated heterocycles. The summed E-state index contributed by atoms with van der Waals surface area (Å²) < 4.78 is 0. The van der Waals surface area contributed by atoms with Crippen LogP contribution in [0.25, 0.3) is 0 Å². The monoisotopic (exact) mass is 262 g/mol. The molecule has 0 atom stereocenters. The molecule has 0 aliphatic heterocycles. The Bertz CT molecular complexity index is 388. The van der Waals surface area contributed by atoms with E-state index in [1.807, 2.05) is 11.9 Å². The van der Waals surface area contributed by atoms with E-state index < -0.39 is 5.60 Å². The number of hydrogen-bond acceptors (Lipinski definition) is 3. The van der Waals surface area contributed by atoms with Gasteiger partial charge in [0.25, 0.3) is 0 Å². The number of benzene rings is 1. The second kappa shape index (κ2) is 4.70. The van der Waals surface area contributed by atoms with Gasteiger partial charge < -0.3 is 15.7 Å². The number of likely N-dealkylation sites (N-methyl/N-ethyl adjacent to an activating group) is 1. The lowest BCUT2D eigenvalue weighted by molar-refractivity contribution is 0.0886. The van der Waals surface area contributed by atoms with Crippen molar-refractivity contribution in [3.63, 3.8) is 0 Å². The van der Waals surface area contributed by atoms with Crippen molar-refractivity contribution in [1.29, 1.82) is 0 Å². The highest BCUT2D eigenvalue weighted by molar-refractivity contribution is 6.42. The van der Waals surface area contributed by atoms with Gasteiger partial charge >= 0.3 is 0 Å². The Morgan fingerprint density at radius 3 is 2.31 bits per heavy atom. The van der Waals surface area contributed by atoms with Crippen LogP contribution in [-0.2, 0) is 0 Å². The molecule has 0 radical (unpaired) electrons. The fourth-order valence-corrected chi connectivity index (χ4v) is 1.88. The van der Waals surface area contributed by atoms with Crippen LogP contribution in [0, 0.1) is 0 Å². The van der Waals surface area contributed by atoms with Crippen molar-refractivity contribution >= 4 is 34.6 Å². The molecule has 0 heterocycles. The van der Waals surface area contributed by atoms with Gasteiger partial charge in [0.15, 0.2) is 0 Å². The van der Waals surface area contributed by atoms with Gasteiger partial charge in [-0.25, -0.2) is 0 Å². The van der Waals surface area contributed by atoms with Crippen LogP contribution in [0.1, 0.15) is 13.8 Å². The highest BCUT2D eigenvalue weighted by atomic mass is 35.5. The van der Waals surface area contributed by atoms with E-state index in [0.29, 0.717) is 22.3 Å². The largest absolute Gasteiger partial charge is 0.397 e. The maximum absolute atomic E-state index is 9.72. The third-order valence-electron chi connectivity index (χ3n) is 2.10. The second-order valence-corrected chi connectivity index (χ2v) is 5.31. The molecule has 16 heavy (non-hydrogen) atoms. The number of hydrogen-bond donors (Lipinski definition) is 2. The summed E-state index contributed by atoms with van der Waals surface area (Å²) in [5, 5.41) is 10.6. The van der Waals surface area contributed by atoms with E-state index in [9.17, 15) is 5.11 Å². The summed E-state index contributed by atoms with van der Waals surface area (Å²) in [6.07, 6.45) is 0. The topological polar surface area (TPSA) is 49.5 Å². The van der Waals surface area contributed by atoms with E-state index >= 15 is 0 Å². The van der Waals surface area contributed by atoms with Crippen molar-refractivity contribution in [3.05, 3.63) is 22.2 Å². The van der Waals surface area contributed by atoms with Crippen molar-refractivity contribution < 1.29 is 5.11 Å². The van der Waals surface area contributed by atoms with Crippen LogP contribution in [0.2, 0.25) is 10.0 Å². The predicted octanol–water partition coefficient (Wildman–Crippen LogP) is 2.78. The quantitative estimate of drug-likeness (QED) is 0.824. The van der Waals surface area contributed by atoms with Gasteiger partial charge in [0.2, 0.25) is 0 Å². The maximum Gasteiger partial charge on any atom is 0.0765 e. The molecule has 0 amide bonds. The molecule has 0 aliphatic rings. The van der Waals surface area contributed by atoms with Gasteiger partial charge in [0.05, 0.1) is 27.0 Å². The van der Waals surface area contributed by atoms with Gasteiger partial charge in [-0.2, -0.15) is 0 Å². The Hall–Kier alpha value is -0.640. The first-order valence-electron chi connectivity index (χ1n) is 4.89. The summed E-state index contributed by atoms with van der Waals surface area (Å²) in [6.45, 7) is 3.92. The lowest BCUT2D eigenvalue weighted by Crippen LogP contribution is -2.36. The molecule has 0 fully saturated rings. The van der Waals surface area contributed by atoms with E-state index in [0.717, 1.165) is 5.69 Å². The maximum atomic E-state index is 9.72. The van der Waals surface area contributed by atoms with Crippen LogP contribution < -0.4 is 10.6 Å². The minimum Gasteiger partial charge on any atom is -0.397 e. The van der Waals surface area contributed by atoms with Crippen LogP contribution in [0.15, 0.2) is 12.1 Å². The molecular weight excluding hydrogens is 247 g/mol. The molecule has 1 aromatic rings. The average Bonchev–Trinajstić information content (AvgIpc) is 2.08. The summed E-state index contributed by atoms with van der Waals surface area (Å²) in [6, 6.07) is 3.31. The van der Waals surface area contributed by atoms with Crippen molar-refractivity contribution in [2.24, 2.45) is 0 Å². The number of rotatable bonds is 3. The molecule has 0 saturated carbocycles. The molecule has 1 rings (SSSR count). The van der Waals surface area contributed by atoms with Gasteiger partial charge in [-0.3, -0.25) is 0 Å². The van der Waals surface area contributed by atoms with E-state index in [1.165, 1.54) is 0 Å². The normalized spacial score (nSPS) is 11.6. The van der Waals surface area contributed by atoms with Crippen LogP contribution in [-0.4, -0.2) is 24.3 Å². The first-order valence-corrected chi connectivity index (χ1v) is 5.64. The van der Waals surface area contributed by atoms with Gasteiger partial charge in [-0.1, -0.05) is 23.2 Å². The predicted molar refractivity (Wildman–Crippen MR) is 70.4 cm³/mol. The van der Waals surface area contributed by atoms with Crippen LogP contribution in [0.4, 0.5) is 11.4 Å². The van der Waals surface area contributed by atoms with Crippen molar-refractivity contribution in [3.8, 4) is 0 Å². The molecule has 0 aliphatic carbocycles. The molecule has 0 unspecified atom stereocenters. The molecule has 90 valence electrons. The second-order valence-electron chi connectivity index (χ2n) is 4.49. The molecule has 3 N–H and O–H groups in total. The summed E-state index contributed by atoms with van der Waals surface area (Å²) >= 11 is 11.8. The fourth-order valence-electron chi connectivity index (χ4n) is 1.55. The van der Waals surface area contributed by atoms with Crippen molar-refractivity contribution in [2.75, 3.05) is 24.2 Å². The fraction of sp³-hybridized carbons (Fsp3) is 0.455. The standard InChI is InChI=1S/C11H16Cl2N2O/c1-11(2,16)6-15(3)10-5-8(13)7(12)4-9(10)14/h4-5,16H,6,14H2,1-3H3. The molecule has 0 spiro atoms. The Morgan fingerprint density at radius 1 is 1.31 bits per heavy atom. The van der Waals surface area contributed by atoms with E-state index in [4.69, 9.17) is 28.9 Å². The number of aliphatic hydroxyl groups is 1. The molecule has 1 aromatic carbocycles. The Kier molecular flexibility index (Phi) is 3.94. The Balaban J connectivity index is 3.00. The van der Waals surface area contributed by atoms with Gasteiger partial charge in [0.1, 0.15) is 0 Å². The number of anilines is 2. The first-order chi connectivity index (χ1) is 7.20. The highest BCUT2D eigenvalue weighted by Crippen LogP contribution is 2.32. The number of nitrogens with zero attached hydrogens (tertiary/aromatic N) is 1. The smallest absolute Gasteiger partial charge is 0.0765 e. The van der Waals surface area contributed by atoms with Crippen molar-refractivity contribution in [2.45, 2.75) is 19.4 Å². The van der Waals surface area contributed by atoms with Gasteiger partial charge in [0, 0.05) is 13.6 Å². The number of nitrogen functional groups attached to an aromatic ring is 1. The third-order valence-corrected chi connectivity index (χ3v) is 2.83. The molecule has 0 bridgehead atoms.